The van der Waals surface area contributed by atoms with Crippen LogP contribution in [-0.4, -0.2) is 44.9 Å². The molecule has 2 rings (SSSR count). The molecule has 7 nitrogen and oxygen atoms in total. The number of hydrogen-bond acceptors (Lipinski definition) is 5. The summed E-state index contributed by atoms with van der Waals surface area (Å²) in [7, 11) is 4.64. The van der Waals surface area contributed by atoms with Crippen LogP contribution >= 0.6 is 0 Å². The average Bonchev–Trinajstić information content (AvgIpc) is 2.70. The maximum Gasteiger partial charge on any atom is 0.306 e. The summed E-state index contributed by atoms with van der Waals surface area (Å²) < 4.78 is 15.9. The van der Waals surface area contributed by atoms with Crippen molar-refractivity contribution in [2.75, 3.05) is 27.9 Å². The van der Waals surface area contributed by atoms with Crippen molar-refractivity contribution >= 4 is 18.0 Å². The average molecular weight is 377 g/mol. The van der Waals surface area contributed by atoms with E-state index < -0.39 is 5.97 Å². The molecule has 1 saturated carbocycles. The highest BCUT2D eigenvalue weighted by Gasteiger charge is 2.25. The van der Waals surface area contributed by atoms with E-state index in [9.17, 15) is 9.59 Å². The fourth-order valence-corrected chi connectivity index (χ4v) is 3.27. The summed E-state index contributed by atoms with van der Waals surface area (Å²) in [5.41, 5.74) is 0.701. The van der Waals surface area contributed by atoms with Crippen molar-refractivity contribution in [1.29, 1.82) is 0 Å². The molecular formula is C20H27NO6. The summed E-state index contributed by atoms with van der Waals surface area (Å²) in [4.78, 5) is 23.1. The summed E-state index contributed by atoms with van der Waals surface area (Å²) in [6.07, 6.45) is 6.11. The van der Waals surface area contributed by atoms with Crippen molar-refractivity contribution in [1.82, 2.24) is 5.32 Å². The van der Waals surface area contributed by atoms with E-state index in [1.54, 1.807) is 39.5 Å². The van der Waals surface area contributed by atoms with Gasteiger partial charge in [-0.15, -0.1) is 0 Å². The smallest absolute Gasteiger partial charge is 0.306 e. The third-order valence-corrected chi connectivity index (χ3v) is 4.91. The van der Waals surface area contributed by atoms with Crippen LogP contribution in [-0.2, 0) is 9.59 Å². The molecule has 0 aromatic heterocycles. The zero-order chi connectivity index (χ0) is 19.8. The quantitative estimate of drug-likeness (QED) is 0.677. The van der Waals surface area contributed by atoms with Crippen molar-refractivity contribution < 1.29 is 28.9 Å². The summed E-state index contributed by atoms with van der Waals surface area (Å²) >= 11 is 0. The maximum atomic E-state index is 12.1. The van der Waals surface area contributed by atoms with Crippen LogP contribution in [0.4, 0.5) is 0 Å². The fraction of sp³-hybridized carbons (Fsp3) is 0.500. The molecular weight excluding hydrogens is 350 g/mol. The van der Waals surface area contributed by atoms with Gasteiger partial charge in [0.05, 0.1) is 27.2 Å². The first-order valence-corrected chi connectivity index (χ1v) is 8.97. The van der Waals surface area contributed by atoms with Gasteiger partial charge < -0.3 is 24.6 Å². The Balaban J connectivity index is 1.92. The predicted octanol–water partition coefficient (Wildman–Crippen LogP) is 2.73. The molecule has 0 bridgehead atoms. The highest BCUT2D eigenvalue weighted by atomic mass is 16.5. The van der Waals surface area contributed by atoms with Crippen LogP contribution in [0.3, 0.4) is 0 Å². The van der Waals surface area contributed by atoms with Crippen molar-refractivity contribution in [3.05, 3.63) is 23.8 Å². The molecule has 1 aliphatic rings. The number of amides is 1. The maximum absolute atomic E-state index is 12.1. The number of carbonyl (C=O) groups excluding carboxylic acids is 1. The SMILES string of the molecule is COc1cc(OC)c(OC)cc1C=CC(=O)NCC1CCC(C(=O)O)CC1. The standard InChI is InChI=1S/C20H27NO6/c1-25-16-11-18(27-3)17(26-2)10-15(16)8-9-19(22)21-12-13-4-6-14(7-5-13)20(23)24/h8-11,13-14H,4-7,12H2,1-3H3,(H,21,22)(H,23,24). The predicted molar refractivity (Wildman–Crippen MR) is 101 cm³/mol. The molecule has 1 fully saturated rings. The van der Waals surface area contributed by atoms with Gasteiger partial charge in [-0.05, 0) is 43.7 Å². The van der Waals surface area contributed by atoms with Crippen LogP contribution in [0.2, 0.25) is 0 Å². The van der Waals surface area contributed by atoms with Crippen molar-refractivity contribution in [2.45, 2.75) is 25.7 Å². The first-order valence-electron chi connectivity index (χ1n) is 8.97. The van der Waals surface area contributed by atoms with Gasteiger partial charge in [-0.1, -0.05) is 0 Å². The number of carbonyl (C=O) groups is 2. The van der Waals surface area contributed by atoms with E-state index in [1.807, 2.05) is 0 Å². The highest BCUT2D eigenvalue weighted by molar-refractivity contribution is 5.92. The molecule has 2 N–H and O–H groups in total. The second kappa shape index (κ2) is 9.85. The Bertz CT molecular complexity index is 692. The Morgan fingerprint density at radius 3 is 2.19 bits per heavy atom. The summed E-state index contributed by atoms with van der Waals surface area (Å²) in [5, 5.41) is 11.9. The van der Waals surface area contributed by atoms with E-state index in [0.29, 0.717) is 48.1 Å². The summed E-state index contributed by atoms with van der Waals surface area (Å²) in [6.45, 7) is 0.554. The zero-order valence-electron chi connectivity index (χ0n) is 16.0. The van der Waals surface area contributed by atoms with Crippen LogP contribution in [0.15, 0.2) is 18.2 Å². The first kappa shape index (κ1) is 20.6. The van der Waals surface area contributed by atoms with E-state index in [2.05, 4.69) is 5.32 Å². The lowest BCUT2D eigenvalue weighted by molar-refractivity contribution is -0.143. The fourth-order valence-electron chi connectivity index (χ4n) is 3.27. The van der Waals surface area contributed by atoms with Gasteiger partial charge in [0.1, 0.15) is 5.75 Å². The van der Waals surface area contributed by atoms with Crippen molar-refractivity contribution in [3.63, 3.8) is 0 Å². The van der Waals surface area contributed by atoms with Gasteiger partial charge in [0.25, 0.3) is 0 Å². The monoisotopic (exact) mass is 377 g/mol. The Labute approximate surface area is 159 Å². The van der Waals surface area contributed by atoms with Crippen molar-refractivity contribution in [2.24, 2.45) is 11.8 Å². The molecule has 0 saturated heterocycles. The molecule has 0 spiro atoms. The number of carboxylic acid groups (broad SMARTS) is 1. The lowest BCUT2D eigenvalue weighted by atomic mass is 9.82. The minimum Gasteiger partial charge on any atom is -0.496 e. The lowest BCUT2D eigenvalue weighted by Gasteiger charge is -2.25. The number of aliphatic carboxylic acids is 1. The first-order chi connectivity index (χ1) is 13.0. The zero-order valence-corrected chi connectivity index (χ0v) is 16.0. The lowest BCUT2D eigenvalue weighted by Crippen LogP contribution is -2.31. The molecule has 1 amide bonds. The van der Waals surface area contributed by atoms with E-state index >= 15 is 0 Å². The Hall–Kier alpha value is -2.70. The van der Waals surface area contributed by atoms with Gasteiger partial charge in [0, 0.05) is 24.3 Å². The third kappa shape index (κ3) is 5.64. The molecule has 1 aliphatic carbocycles. The Morgan fingerprint density at radius 1 is 1.04 bits per heavy atom. The Kier molecular flexibility index (Phi) is 7.52. The van der Waals surface area contributed by atoms with Gasteiger partial charge in [0.15, 0.2) is 11.5 Å². The van der Waals surface area contributed by atoms with Crippen molar-refractivity contribution in [3.8, 4) is 17.2 Å². The number of nitrogens with one attached hydrogen (secondary N) is 1. The van der Waals surface area contributed by atoms with Gasteiger partial charge in [0.2, 0.25) is 5.91 Å². The van der Waals surface area contributed by atoms with E-state index in [1.165, 1.54) is 6.08 Å². The Morgan fingerprint density at radius 2 is 1.63 bits per heavy atom. The normalized spacial score (nSPS) is 19.5. The molecule has 1 aromatic carbocycles. The van der Waals surface area contributed by atoms with Gasteiger partial charge in [-0.3, -0.25) is 9.59 Å². The molecule has 27 heavy (non-hydrogen) atoms. The summed E-state index contributed by atoms with van der Waals surface area (Å²) in [5.74, 6) is 0.838. The molecule has 1 aromatic rings. The number of methoxy groups -OCH3 is 3. The van der Waals surface area contributed by atoms with Crippen LogP contribution in [0.25, 0.3) is 6.08 Å². The minimum atomic E-state index is -0.718. The van der Waals surface area contributed by atoms with Gasteiger partial charge in [-0.25, -0.2) is 0 Å². The number of carboxylic acids is 1. The minimum absolute atomic E-state index is 0.202. The molecule has 0 atom stereocenters. The molecule has 0 aliphatic heterocycles. The second-order valence-corrected chi connectivity index (χ2v) is 6.58. The number of hydrogen-bond donors (Lipinski definition) is 2. The largest absolute Gasteiger partial charge is 0.496 e. The van der Waals surface area contributed by atoms with E-state index in [-0.39, 0.29) is 11.8 Å². The summed E-state index contributed by atoms with van der Waals surface area (Å²) in [6, 6.07) is 3.45. The molecule has 148 valence electrons. The van der Waals surface area contributed by atoms with Crippen LogP contribution in [0.5, 0.6) is 17.2 Å². The molecule has 0 radical (unpaired) electrons. The number of ether oxygens (including phenoxy) is 3. The van der Waals surface area contributed by atoms with Gasteiger partial charge in [-0.2, -0.15) is 0 Å². The highest BCUT2D eigenvalue weighted by Crippen LogP contribution is 2.35. The second-order valence-electron chi connectivity index (χ2n) is 6.58. The molecule has 0 heterocycles. The molecule has 0 unspecified atom stereocenters. The third-order valence-electron chi connectivity index (χ3n) is 4.91. The van der Waals surface area contributed by atoms with E-state index in [0.717, 1.165) is 12.8 Å². The topological polar surface area (TPSA) is 94.1 Å². The van der Waals surface area contributed by atoms with Crippen LogP contribution in [0, 0.1) is 11.8 Å². The molecule has 7 heteroatoms. The van der Waals surface area contributed by atoms with E-state index in [4.69, 9.17) is 19.3 Å². The van der Waals surface area contributed by atoms with Crippen LogP contribution < -0.4 is 19.5 Å². The van der Waals surface area contributed by atoms with Gasteiger partial charge >= 0.3 is 5.97 Å². The number of benzene rings is 1. The number of rotatable bonds is 8. The van der Waals surface area contributed by atoms with Crippen LogP contribution in [0.1, 0.15) is 31.2 Å².